The van der Waals surface area contributed by atoms with Gasteiger partial charge < -0.3 is 0 Å². The molecule has 0 saturated heterocycles. The Bertz CT molecular complexity index is 665. The standard InChI is InChI=1S/C16H8Br2N2/c17-13-5-1-11(2-6-13)15(9-19)16(10-20)12-3-7-14(18)8-4-12/h1-8H/b16-15+. The number of benzene rings is 2. The van der Waals surface area contributed by atoms with E-state index in [0.717, 1.165) is 20.1 Å². The Labute approximate surface area is 134 Å². The van der Waals surface area contributed by atoms with Crippen molar-refractivity contribution in [2.24, 2.45) is 0 Å². The summed E-state index contributed by atoms with van der Waals surface area (Å²) in [5.41, 5.74) is 2.22. The minimum atomic E-state index is 0.377. The molecule has 96 valence electrons. The lowest BCUT2D eigenvalue weighted by atomic mass is 9.96. The lowest BCUT2D eigenvalue weighted by molar-refractivity contribution is 1.49. The van der Waals surface area contributed by atoms with Crippen molar-refractivity contribution in [1.29, 1.82) is 10.5 Å². The lowest BCUT2D eigenvalue weighted by Gasteiger charge is -2.05. The first-order valence-electron chi connectivity index (χ1n) is 5.72. The first-order chi connectivity index (χ1) is 9.65. The van der Waals surface area contributed by atoms with E-state index in [1.807, 2.05) is 48.5 Å². The number of nitrogens with zero attached hydrogens (tertiary/aromatic N) is 2. The van der Waals surface area contributed by atoms with Gasteiger partial charge in [0.1, 0.15) is 12.1 Å². The van der Waals surface area contributed by atoms with E-state index in [4.69, 9.17) is 0 Å². The van der Waals surface area contributed by atoms with E-state index < -0.39 is 0 Å². The van der Waals surface area contributed by atoms with E-state index in [1.165, 1.54) is 0 Å². The molecule has 0 radical (unpaired) electrons. The van der Waals surface area contributed by atoms with Crippen molar-refractivity contribution in [3.05, 3.63) is 68.6 Å². The number of nitriles is 2. The highest BCUT2D eigenvalue weighted by Crippen LogP contribution is 2.27. The summed E-state index contributed by atoms with van der Waals surface area (Å²) in [5.74, 6) is 0. The minimum Gasteiger partial charge on any atom is -0.192 e. The van der Waals surface area contributed by atoms with Crippen molar-refractivity contribution >= 4 is 43.0 Å². The number of halogens is 2. The van der Waals surface area contributed by atoms with E-state index in [-0.39, 0.29) is 0 Å². The molecule has 0 fully saturated rings. The first-order valence-corrected chi connectivity index (χ1v) is 7.30. The predicted octanol–water partition coefficient (Wildman–Crippen LogP) is 5.17. The monoisotopic (exact) mass is 386 g/mol. The van der Waals surface area contributed by atoms with Crippen LogP contribution in [0, 0.1) is 22.7 Å². The molecule has 0 saturated carbocycles. The molecule has 4 heteroatoms. The Hall–Kier alpha value is -1.88. The molecule has 0 heterocycles. The topological polar surface area (TPSA) is 47.6 Å². The van der Waals surface area contributed by atoms with E-state index in [0.29, 0.717) is 11.1 Å². The highest BCUT2D eigenvalue weighted by molar-refractivity contribution is 9.10. The smallest absolute Gasteiger partial charge is 0.101 e. The maximum absolute atomic E-state index is 9.39. The number of allylic oxidation sites excluding steroid dienone is 2. The van der Waals surface area contributed by atoms with Crippen LogP contribution in [0.1, 0.15) is 11.1 Å². The van der Waals surface area contributed by atoms with E-state index in [1.54, 1.807) is 0 Å². The van der Waals surface area contributed by atoms with Gasteiger partial charge in [-0.2, -0.15) is 10.5 Å². The molecule has 0 atom stereocenters. The summed E-state index contributed by atoms with van der Waals surface area (Å²) >= 11 is 6.71. The zero-order valence-corrected chi connectivity index (χ0v) is 13.4. The van der Waals surface area contributed by atoms with Crippen LogP contribution in [0.5, 0.6) is 0 Å². The Morgan fingerprint density at radius 3 is 1.20 bits per heavy atom. The zero-order valence-electron chi connectivity index (χ0n) is 10.3. The molecule has 0 amide bonds. The van der Waals surface area contributed by atoms with Crippen molar-refractivity contribution in [2.45, 2.75) is 0 Å². The maximum atomic E-state index is 9.39. The van der Waals surface area contributed by atoms with E-state index in [9.17, 15) is 10.5 Å². The molecule has 0 aliphatic heterocycles. The van der Waals surface area contributed by atoms with Gasteiger partial charge in [-0.15, -0.1) is 0 Å². The molecule has 0 bridgehead atoms. The third-order valence-electron chi connectivity index (χ3n) is 2.74. The summed E-state index contributed by atoms with van der Waals surface area (Å²) in [4.78, 5) is 0. The van der Waals surface area contributed by atoms with Crippen LogP contribution in [-0.4, -0.2) is 0 Å². The molecule has 0 unspecified atom stereocenters. The Balaban J connectivity index is 2.60. The molecular formula is C16H8Br2N2. The maximum Gasteiger partial charge on any atom is 0.101 e. The average molecular weight is 388 g/mol. The van der Waals surface area contributed by atoms with Crippen molar-refractivity contribution in [3.63, 3.8) is 0 Å². The first kappa shape index (κ1) is 14.5. The van der Waals surface area contributed by atoms with Crippen LogP contribution in [-0.2, 0) is 0 Å². The molecule has 2 rings (SSSR count). The molecule has 0 aromatic heterocycles. The van der Waals surface area contributed by atoms with Gasteiger partial charge in [-0.1, -0.05) is 56.1 Å². The highest BCUT2D eigenvalue weighted by Gasteiger charge is 2.11. The minimum absolute atomic E-state index is 0.377. The van der Waals surface area contributed by atoms with Gasteiger partial charge in [-0.3, -0.25) is 0 Å². The molecule has 0 aliphatic rings. The lowest BCUT2D eigenvalue weighted by Crippen LogP contribution is -1.89. The normalized spacial score (nSPS) is 11.2. The number of hydrogen-bond acceptors (Lipinski definition) is 2. The molecule has 20 heavy (non-hydrogen) atoms. The second-order valence-electron chi connectivity index (χ2n) is 3.99. The zero-order chi connectivity index (χ0) is 14.5. The van der Waals surface area contributed by atoms with Crippen molar-refractivity contribution < 1.29 is 0 Å². The summed E-state index contributed by atoms with van der Waals surface area (Å²) < 4.78 is 1.86. The average Bonchev–Trinajstić information content (AvgIpc) is 2.47. The van der Waals surface area contributed by atoms with Crippen molar-refractivity contribution in [2.75, 3.05) is 0 Å². The Kier molecular flexibility index (Phi) is 4.74. The van der Waals surface area contributed by atoms with Gasteiger partial charge in [-0.05, 0) is 35.4 Å². The fraction of sp³-hybridized carbons (Fsp3) is 0. The number of hydrogen-bond donors (Lipinski definition) is 0. The van der Waals surface area contributed by atoms with E-state index in [2.05, 4.69) is 44.0 Å². The SMILES string of the molecule is N#C/C(=C(/C#N)c1ccc(Br)cc1)c1ccc(Br)cc1. The van der Waals surface area contributed by atoms with Crippen LogP contribution in [0.15, 0.2) is 57.5 Å². The van der Waals surface area contributed by atoms with Gasteiger partial charge in [0, 0.05) is 8.95 Å². The van der Waals surface area contributed by atoms with E-state index >= 15 is 0 Å². The van der Waals surface area contributed by atoms with Gasteiger partial charge in [0.05, 0.1) is 11.1 Å². The fourth-order valence-electron chi connectivity index (χ4n) is 1.76. The van der Waals surface area contributed by atoms with Crippen LogP contribution in [0.2, 0.25) is 0 Å². The van der Waals surface area contributed by atoms with Crippen molar-refractivity contribution in [1.82, 2.24) is 0 Å². The van der Waals surface area contributed by atoms with Gasteiger partial charge >= 0.3 is 0 Å². The second-order valence-corrected chi connectivity index (χ2v) is 5.82. The molecule has 0 spiro atoms. The highest BCUT2D eigenvalue weighted by atomic mass is 79.9. The van der Waals surface area contributed by atoms with Crippen molar-refractivity contribution in [3.8, 4) is 12.1 Å². The molecule has 0 aliphatic carbocycles. The molecular weight excluding hydrogens is 380 g/mol. The summed E-state index contributed by atoms with van der Waals surface area (Å²) in [6.07, 6.45) is 0. The van der Waals surface area contributed by atoms with Crippen LogP contribution >= 0.6 is 31.9 Å². The third-order valence-corrected chi connectivity index (χ3v) is 3.80. The molecule has 2 nitrogen and oxygen atoms in total. The summed E-state index contributed by atoms with van der Waals surface area (Å²) in [6.45, 7) is 0. The quantitative estimate of drug-likeness (QED) is 0.527. The van der Waals surface area contributed by atoms with Crippen LogP contribution in [0.3, 0.4) is 0 Å². The Morgan fingerprint density at radius 1 is 0.650 bits per heavy atom. The van der Waals surface area contributed by atoms with Crippen LogP contribution < -0.4 is 0 Å². The fourth-order valence-corrected chi connectivity index (χ4v) is 2.29. The summed E-state index contributed by atoms with van der Waals surface area (Å²) in [5, 5.41) is 18.8. The van der Waals surface area contributed by atoms with Crippen LogP contribution in [0.4, 0.5) is 0 Å². The van der Waals surface area contributed by atoms with Gasteiger partial charge in [0.15, 0.2) is 0 Å². The largest absolute Gasteiger partial charge is 0.192 e. The van der Waals surface area contributed by atoms with Gasteiger partial charge in [0.25, 0.3) is 0 Å². The molecule has 2 aromatic rings. The summed E-state index contributed by atoms with van der Waals surface area (Å²) in [7, 11) is 0. The van der Waals surface area contributed by atoms with Crippen LogP contribution in [0.25, 0.3) is 11.1 Å². The molecule has 0 N–H and O–H groups in total. The number of rotatable bonds is 2. The summed E-state index contributed by atoms with van der Waals surface area (Å²) in [6, 6.07) is 18.9. The Morgan fingerprint density at radius 2 is 0.950 bits per heavy atom. The van der Waals surface area contributed by atoms with Gasteiger partial charge in [0.2, 0.25) is 0 Å². The second kappa shape index (κ2) is 6.52. The molecule has 2 aromatic carbocycles. The third kappa shape index (κ3) is 3.17. The van der Waals surface area contributed by atoms with Gasteiger partial charge in [-0.25, -0.2) is 0 Å². The predicted molar refractivity (Wildman–Crippen MR) is 86.3 cm³/mol.